The molecule has 5 nitrogen and oxygen atoms in total. The van der Waals surface area contributed by atoms with Crippen LogP contribution >= 0.6 is 0 Å². The Kier molecular flexibility index (Phi) is 4.19. The number of benzene rings is 2. The van der Waals surface area contributed by atoms with Crippen LogP contribution in [0.25, 0.3) is 22.0 Å². The standard InChI is InChI=1S/C21H17N3O2/c1-26-20-12-17(9-10-22-20)16-6-4-5-15(11-16)13-24-14-23-19-8-3-2-7-18(19)21(24)25/h2-12,14H,13H2,1H3. The summed E-state index contributed by atoms with van der Waals surface area (Å²) in [4.78, 5) is 21.2. The van der Waals surface area contributed by atoms with Crippen molar-refractivity contribution in [2.24, 2.45) is 0 Å². The van der Waals surface area contributed by atoms with Gasteiger partial charge < -0.3 is 4.74 Å². The van der Waals surface area contributed by atoms with Crippen molar-refractivity contribution >= 4 is 10.9 Å². The van der Waals surface area contributed by atoms with Gasteiger partial charge in [-0.3, -0.25) is 9.36 Å². The van der Waals surface area contributed by atoms with Gasteiger partial charge in [-0.1, -0.05) is 30.3 Å². The topological polar surface area (TPSA) is 57.0 Å². The van der Waals surface area contributed by atoms with Crippen molar-refractivity contribution in [1.29, 1.82) is 0 Å². The van der Waals surface area contributed by atoms with E-state index >= 15 is 0 Å². The average Bonchev–Trinajstić information content (AvgIpc) is 2.70. The van der Waals surface area contributed by atoms with Crippen molar-refractivity contribution in [3.8, 4) is 17.0 Å². The molecule has 0 aliphatic rings. The third-order valence-corrected chi connectivity index (χ3v) is 4.29. The van der Waals surface area contributed by atoms with E-state index in [0.29, 0.717) is 23.3 Å². The molecule has 0 saturated carbocycles. The van der Waals surface area contributed by atoms with E-state index in [2.05, 4.69) is 16.0 Å². The Morgan fingerprint density at radius 3 is 2.69 bits per heavy atom. The number of hydrogen-bond donors (Lipinski definition) is 0. The van der Waals surface area contributed by atoms with Crippen LogP contribution in [0.3, 0.4) is 0 Å². The zero-order valence-electron chi connectivity index (χ0n) is 14.3. The Labute approximate surface area is 150 Å². The Morgan fingerprint density at radius 1 is 0.962 bits per heavy atom. The van der Waals surface area contributed by atoms with E-state index in [4.69, 9.17) is 4.74 Å². The Balaban J connectivity index is 1.69. The first-order valence-corrected chi connectivity index (χ1v) is 8.28. The highest BCUT2D eigenvalue weighted by Gasteiger charge is 2.06. The number of para-hydroxylation sites is 1. The predicted octanol–water partition coefficient (Wildman–Crippen LogP) is 3.52. The van der Waals surface area contributed by atoms with Crippen molar-refractivity contribution in [2.75, 3.05) is 7.11 Å². The summed E-state index contributed by atoms with van der Waals surface area (Å²) >= 11 is 0. The maximum Gasteiger partial charge on any atom is 0.261 e. The molecule has 0 aliphatic heterocycles. The molecule has 0 bridgehead atoms. The smallest absolute Gasteiger partial charge is 0.261 e. The number of nitrogens with zero attached hydrogens (tertiary/aromatic N) is 3. The SMILES string of the molecule is COc1cc(-c2cccc(Cn3cnc4ccccc4c3=O)c2)ccn1. The molecule has 5 heteroatoms. The second-order valence-electron chi connectivity index (χ2n) is 5.98. The summed E-state index contributed by atoms with van der Waals surface area (Å²) in [5, 5.41) is 0.630. The molecule has 0 N–H and O–H groups in total. The van der Waals surface area contributed by atoms with E-state index in [1.807, 2.05) is 48.5 Å². The molecule has 2 aromatic heterocycles. The number of aromatic nitrogens is 3. The minimum Gasteiger partial charge on any atom is -0.481 e. The molecule has 0 aliphatic carbocycles. The summed E-state index contributed by atoms with van der Waals surface area (Å²) in [6, 6.07) is 19.3. The second kappa shape index (κ2) is 6.80. The molecule has 2 heterocycles. The van der Waals surface area contributed by atoms with Crippen LogP contribution in [0.15, 0.2) is 78.0 Å². The third kappa shape index (κ3) is 3.07. The van der Waals surface area contributed by atoms with Gasteiger partial charge in [0, 0.05) is 12.3 Å². The van der Waals surface area contributed by atoms with Gasteiger partial charge >= 0.3 is 0 Å². The maximum absolute atomic E-state index is 12.7. The van der Waals surface area contributed by atoms with Gasteiger partial charge in [-0.15, -0.1) is 0 Å². The Hall–Kier alpha value is -3.47. The van der Waals surface area contributed by atoms with Crippen LogP contribution in [0.5, 0.6) is 5.88 Å². The lowest BCUT2D eigenvalue weighted by atomic mass is 10.0. The molecule has 128 valence electrons. The van der Waals surface area contributed by atoms with Crippen molar-refractivity contribution in [1.82, 2.24) is 14.5 Å². The lowest BCUT2D eigenvalue weighted by molar-refractivity contribution is 0.398. The van der Waals surface area contributed by atoms with E-state index in [0.717, 1.165) is 16.7 Å². The number of fused-ring (bicyclic) bond motifs is 1. The number of rotatable bonds is 4. The fourth-order valence-corrected chi connectivity index (χ4v) is 2.97. The molecule has 26 heavy (non-hydrogen) atoms. The molecule has 0 radical (unpaired) electrons. The van der Waals surface area contributed by atoms with Crippen LogP contribution in [0.4, 0.5) is 0 Å². The summed E-state index contributed by atoms with van der Waals surface area (Å²) in [5.41, 5.74) is 3.77. The van der Waals surface area contributed by atoms with Gasteiger partial charge in [-0.25, -0.2) is 9.97 Å². The van der Waals surface area contributed by atoms with Gasteiger partial charge in [-0.2, -0.15) is 0 Å². The number of hydrogen-bond acceptors (Lipinski definition) is 4. The van der Waals surface area contributed by atoms with Crippen LogP contribution in [0.2, 0.25) is 0 Å². The molecule has 0 saturated heterocycles. The Morgan fingerprint density at radius 2 is 1.81 bits per heavy atom. The fraction of sp³-hybridized carbons (Fsp3) is 0.0952. The first-order chi connectivity index (χ1) is 12.7. The third-order valence-electron chi connectivity index (χ3n) is 4.29. The average molecular weight is 343 g/mol. The first-order valence-electron chi connectivity index (χ1n) is 8.28. The predicted molar refractivity (Wildman–Crippen MR) is 101 cm³/mol. The normalized spacial score (nSPS) is 10.8. The van der Waals surface area contributed by atoms with Crippen LogP contribution in [-0.2, 0) is 6.54 Å². The zero-order chi connectivity index (χ0) is 17.9. The highest BCUT2D eigenvalue weighted by molar-refractivity contribution is 5.76. The molecule has 0 amide bonds. The second-order valence-corrected chi connectivity index (χ2v) is 5.98. The summed E-state index contributed by atoms with van der Waals surface area (Å²) in [7, 11) is 1.60. The Bertz CT molecular complexity index is 1140. The van der Waals surface area contributed by atoms with Gasteiger partial charge in [0.25, 0.3) is 5.56 Å². The van der Waals surface area contributed by atoms with E-state index in [-0.39, 0.29) is 5.56 Å². The van der Waals surface area contributed by atoms with Crippen LogP contribution in [0, 0.1) is 0 Å². The summed E-state index contributed by atoms with van der Waals surface area (Å²) in [6.45, 7) is 0.465. The molecular formula is C21H17N3O2. The highest BCUT2D eigenvalue weighted by Crippen LogP contribution is 2.23. The first kappa shape index (κ1) is 16.0. The van der Waals surface area contributed by atoms with Gasteiger partial charge in [0.2, 0.25) is 5.88 Å². The van der Waals surface area contributed by atoms with Crippen LogP contribution < -0.4 is 10.3 Å². The van der Waals surface area contributed by atoms with Crippen molar-refractivity contribution in [2.45, 2.75) is 6.54 Å². The van der Waals surface area contributed by atoms with Crippen molar-refractivity contribution in [3.63, 3.8) is 0 Å². The van der Waals surface area contributed by atoms with Gasteiger partial charge in [0.05, 0.1) is 30.9 Å². The monoisotopic (exact) mass is 343 g/mol. The number of pyridine rings is 1. The quantitative estimate of drug-likeness (QED) is 0.569. The minimum atomic E-state index is -0.0356. The molecule has 0 unspecified atom stereocenters. The molecule has 0 fully saturated rings. The van der Waals surface area contributed by atoms with E-state index < -0.39 is 0 Å². The minimum absolute atomic E-state index is 0.0356. The molecule has 0 atom stereocenters. The molecule has 2 aromatic carbocycles. The van der Waals surface area contributed by atoms with Crippen molar-refractivity contribution < 1.29 is 4.74 Å². The van der Waals surface area contributed by atoms with Gasteiger partial charge in [-0.05, 0) is 41.0 Å². The van der Waals surface area contributed by atoms with Crippen LogP contribution in [-0.4, -0.2) is 21.6 Å². The van der Waals surface area contributed by atoms with Crippen molar-refractivity contribution in [3.05, 3.63) is 89.1 Å². The lowest BCUT2D eigenvalue weighted by Gasteiger charge is -2.09. The lowest BCUT2D eigenvalue weighted by Crippen LogP contribution is -2.21. The summed E-state index contributed by atoms with van der Waals surface area (Å²) in [6.07, 6.45) is 3.32. The largest absolute Gasteiger partial charge is 0.481 e. The van der Waals surface area contributed by atoms with Gasteiger partial charge in [0.1, 0.15) is 0 Å². The molecule has 4 aromatic rings. The maximum atomic E-state index is 12.7. The van der Waals surface area contributed by atoms with E-state index in [1.54, 1.807) is 30.3 Å². The fourth-order valence-electron chi connectivity index (χ4n) is 2.97. The van der Waals surface area contributed by atoms with Crippen LogP contribution in [0.1, 0.15) is 5.56 Å². The molecule has 4 rings (SSSR count). The van der Waals surface area contributed by atoms with E-state index in [1.165, 1.54) is 0 Å². The number of ether oxygens (including phenoxy) is 1. The highest BCUT2D eigenvalue weighted by atomic mass is 16.5. The number of methoxy groups -OCH3 is 1. The summed E-state index contributed by atoms with van der Waals surface area (Å²) < 4.78 is 6.83. The zero-order valence-corrected chi connectivity index (χ0v) is 14.3. The molecule has 0 spiro atoms. The molecular weight excluding hydrogens is 326 g/mol. The summed E-state index contributed by atoms with van der Waals surface area (Å²) in [5.74, 6) is 0.572. The van der Waals surface area contributed by atoms with Gasteiger partial charge in [0.15, 0.2) is 0 Å². The van der Waals surface area contributed by atoms with E-state index in [9.17, 15) is 4.79 Å².